The number of carbonyl (C=O) groups is 2. The van der Waals surface area contributed by atoms with Gasteiger partial charge in [-0.3, -0.25) is 14.5 Å². The van der Waals surface area contributed by atoms with Crippen LogP contribution in [0.2, 0.25) is 0 Å². The number of amidine groups is 1. The van der Waals surface area contributed by atoms with Gasteiger partial charge in [0.15, 0.2) is 5.17 Å². The van der Waals surface area contributed by atoms with Crippen molar-refractivity contribution in [3.63, 3.8) is 0 Å². The van der Waals surface area contributed by atoms with Gasteiger partial charge >= 0.3 is 5.97 Å². The van der Waals surface area contributed by atoms with Gasteiger partial charge in [-0.05, 0) is 42.2 Å². The maximum absolute atomic E-state index is 13.1. The number of aliphatic imine (C=N–C) groups is 1. The van der Waals surface area contributed by atoms with Gasteiger partial charge in [-0.15, -0.1) is 0 Å². The molecular formula is C23H24N2O3S. The van der Waals surface area contributed by atoms with E-state index >= 15 is 0 Å². The fourth-order valence-electron chi connectivity index (χ4n) is 2.83. The summed E-state index contributed by atoms with van der Waals surface area (Å²) in [5.41, 5.74) is 4.31. The van der Waals surface area contributed by atoms with Gasteiger partial charge in [0.25, 0.3) is 5.91 Å². The summed E-state index contributed by atoms with van der Waals surface area (Å²) in [4.78, 5) is 30.8. The number of rotatable bonds is 5. The third kappa shape index (κ3) is 4.95. The van der Waals surface area contributed by atoms with Gasteiger partial charge in [-0.2, -0.15) is 0 Å². The Labute approximate surface area is 175 Å². The number of ether oxygens (including phenoxy) is 1. The first kappa shape index (κ1) is 20.9. The minimum Gasteiger partial charge on any atom is -0.468 e. The molecule has 0 spiro atoms. The third-order valence-corrected chi connectivity index (χ3v) is 5.49. The molecule has 0 aliphatic carbocycles. The topological polar surface area (TPSA) is 59.0 Å². The van der Waals surface area contributed by atoms with Crippen molar-refractivity contribution in [2.75, 3.05) is 17.8 Å². The van der Waals surface area contributed by atoms with Gasteiger partial charge in [0.2, 0.25) is 0 Å². The van der Waals surface area contributed by atoms with Crippen LogP contribution in [0, 0.1) is 6.92 Å². The normalized spacial score (nSPS) is 15.2. The Hall–Kier alpha value is -2.86. The van der Waals surface area contributed by atoms with Crippen LogP contribution in [0.1, 0.15) is 36.5 Å². The summed E-state index contributed by atoms with van der Waals surface area (Å²) in [7, 11) is 1.34. The van der Waals surface area contributed by atoms with E-state index in [-0.39, 0.29) is 17.6 Å². The molecule has 0 radical (unpaired) electrons. The van der Waals surface area contributed by atoms with Crippen LogP contribution in [0.4, 0.5) is 5.69 Å². The molecule has 0 bridgehead atoms. The first-order chi connectivity index (χ1) is 13.9. The van der Waals surface area contributed by atoms with Gasteiger partial charge < -0.3 is 4.74 Å². The van der Waals surface area contributed by atoms with Crippen molar-refractivity contribution in [1.82, 2.24) is 0 Å². The molecule has 0 fully saturated rings. The smallest absolute Gasteiger partial charge is 0.316 e. The molecule has 2 aromatic rings. The number of benzene rings is 2. The van der Waals surface area contributed by atoms with E-state index in [0.29, 0.717) is 16.8 Å². The highest BCUT2D eigenvalue weighted by atomic mass is 32.2. The fraction of sp³-hybridized carbons (Fsp3) is 0.261. The van der Waals surface area contributed by atoms with E-state index in [9.17, 15) is 9.59 Å². The second kappa shape index (κ2) is 9.09. The van der Waals surface area contributed by atoms with Crippen LogP contribution < -0.4 is 4.90 Å². The number of thioether (sulfide) groups is 1. The summed E-state index contributed by atoms with van der Waals surface area (Å²) in [6.45, 7) is 6.27. The number of esters is 1. The molecule has 1 aliphatic rings. The van der Waals surface area contributed by atoms with E-state index < -0.39 is 0 Å². The lowest BCUT2D eigenvalue weighted by Gasteiger charge is -2.17. The van der Waals surface area contributed by atoms with Gasteiger partial charge in [-0.25, -0.2) is 4.99 Å². The summed E-state index contributed by atoms with van der Waals surface area (Å²) >= 11 is 1.19. The predicted octanol–water partition coefficient (Wildman–Crippen LogP) is 4.77. The number of nitrogens with zero attached hydrogens (tertiary/aromatic N) is 2. The monoisotopic (exact) mass is 408 g/mol. The molecule has 0 N–H and O–H groups in total. The zero-order valence-electron chi connectivity index (χ0n) is 17.0. The van der Waals surface area contributed by atoms with Gasteiger partial charge in [-0.1, -0.05) is 67.6 Å². The zero-order valence-corrected chi connectivity index (χ0v) is 17.8. The quantitative estimate of drug-likeness (QED) is 0.528. The van der Waals surface area contributed by atoms with Crippen molar-refractivity contribution in [3.05, 3.63) is 70.9 Å². The lowest BCUT2D eigenvalue weighted by atomic mass is 10.0. The molecule has 0 atom stereocenters. The number of hydrogen-bond donors (Lipinski definition) is 0. The molecule has 5 nitrogen and oxygen atoms in total. The number of aryl methyl sites for hydroxylation is 1. The zero-order chi connectivity index (χ0) is 21.0. The first-order valence-corrected chi connectivity index (χ1v) is 10.4. The van der Waals surface area contributed by atoms with Crippen molar-refractivity contribution in [2.24, 2.45) is 4.99 Å². The molecule has 1 heterocycles. The SMILES string of the molecule is COC(=O)CSC1=NC(=Cc2ccc(C(C)C)cc2)C(=O)N1c1ccc(C)cc1. The van der Waals surface area contributed by atoms with Crippen LogP contribution in [0.5, 0.6) is 0 Å². The van der Waals surface area contributed by atoms with Crippen molar-refractivity contribution in [2.45, 2.75) is 26.7 Å². The summed E-state index contributed by atoms with van der Waals surface area (Å²) in [5.74, 6) is -0.0486. The fourth-order valence-corrected chi connectivity index (χ4v) is 3.68. The highest BCUT2D eigenvalue weighted by Crippen LogP contribution is 2.30. The standard InChI is InChI=1S/C23H24N2O3S/c1-15(2)18-9-7-17(8-10-18)13-20-22(27)25(19-11-5-16(3)6-12-19)23(24-20)29-14-21(26)28-4/h5-13,15H,14H2,1-4H3. The third-order valence-electron chi connectivity index (χ3n) is 4.58. The maximum Gasteiger partial charge on any atom is 0.316 e. The second-order valence-electron chi connectivity index (χ2n) is 7.09. The minimum atomic E-state index is -0.365. The highest BCUT2D eigenvalue weighted by molar-refractivity contribution is 8.14. The molecule has 150 valence electrons. The number of hydrogen-bond acceptors (Lipinski definition) is 5. The van der Waals surface area contributed by atoms with Crippen molar-refractivity contribution < 1.29 is 14.3 Å². The number of methoxy groups -OCH3 is 1. The average molecular weight is 409 g/mol. The lowest BCUT2D eigenvalue weighted by Crippen LogP contribution is -2.30. The number of anilines is 1. The molecule has 0 aromatic heterocycles. The molecule has 0 saturated carbocycles. The average Bonchev–Trinajstić information content (AvgIpc) is 3.02. The van der Waals surface area contributed by atoms with Gasteiger partial charge in [0.05, 0.1) is 18.6 Å². The number of carbonyl (C=O) groups excluding carboxylic acids is 2. The van der Waals surface area contributed by atoms with Crippen molar-refractivity contribution >= 4 is 40.6 Å². The highest BCUT2D eigenvalue weighted by Gasteiger charge is 2.32. The largest absolute Gasteiger partial charge is 0.468 e. The molecule has 6 heteroatoms. The first-order valence-electron chi connectivity index (χ1n) is 9.40. The van der Waals surface area contributed by atoms with E-state index in [0.717, 1.165) is 16.8 Å². The summed E-state index contributed by atoms with van der Waals surface area (Å²) in [6, 6.07) is 15.7. The van der Waals surface area contributed by atoms with Crippen molar-refractivity contribution in [1.29, 1.82) is 0 Å². The molecule has 3 rings (SSSR count). The number of amides is 1. The maximum atomic E-state index is 13.1. The summed E-state index contributed by atoms with van der Waals surface area (Å²) in [6.07, 6.45) is 1.78. The van der Waals surface area contributed by atoms with Gasteiger partial charge in [0.1, 0.15) is 5.70 Å². The van der Waals surface area contributed by atoms with Crippen LogP contribution in [-0.4, -0.2) is 29.9 Å². The molecule has 1 aliphatic heterocycles. The van der Waals surface area contributed by atoms with Crippen LogP contribution in [0.3, 0.4) is 0 Å². The van der Waals surface area contributed by atoms with E-state index in [2.05, 4.69) is 31.0 Å². The molecular weight excluding hydrogens is 384 g/mol. The van der Waals surface area contributed by atoms with E-state index in [1.165, 1.54) is 24.4 Å². The molecule has 29 heavy (non-hydrogen) atoms. The molecule has 1 amide bonds. The van der Waals surface area contributed by atoms with E-state index in [1.807, 2.05) is 43.3 Å². The summed E-state index contributed by atoms with van der Waals surface area (Å²) < 4.78 is 4.71. The molecule has 0 saturated heterocycles. The van der Waals surface area contributed by atoms with Crippen LogP contribution in [0.25, 0.3) is 6.08 Å². The molecule has 2 aromatic carbocycles. The van der Waals surface area contributed by atoms with Crippen LogP contribution in [0.15, 0.2) is 59.2 Å². The Balaban J connectivity index is 1.92. The Morgan fingerprint density at radius 2 is 1.79 bits per heavy atom. The van der Waals surface area contributed by atoms with E-state index in [4.69, 9.17) is 4.74 Å². The van der Waals surface area contributed by atoms with Gasteiger partial charge in [0, 0.05) is 0 Å². The Morgan fingerprint density at radius 1 is 1.14 bits per heavy atom. The Kier molecular flexibility index (Phi) is 6.54. The summed E-state index contributed by atoms with van der Waals surface area (Å²) in [5, 5.41) is 0.467. The predicted molar refractivity (Wildman–Crippen MR) is 119 cm³/mol. The Bertz CT molecular complexity index is 961. The molecule has 0 unspecified atom stereocenters. The van der Waals surface area contributed by atoms with E-state index in [1.54, 1.807) is 11.0 Å². The van der Waals surface area contributed by atoms with Crippen LogP contribution in [-0.2, 0) is 14.3 Å². The second-order valence-corrected chi connectivity index (χ2v) is 8.03. The lowest BCUT2D eigenvalue weighted by molar-refractivity contribution is -0.137. The Morgan fingerprint density at radius 3 is 2.38 bits per heavy atom. The minimum absolute atomic E-state index is 0.0847. The van der Waals surface area contributed by atoms with Crippen LogP contribution >= 0.6 is 11.8 Å². The van der Waals surface area contributed by atoms with Crippen molar-refractivity contribution in [3.8, 4) is 0 Å².